The molecule has 1 aromatic carbocycles. The van der Waals surface area contributed by atoms with Crippen LogP contribution in [0.4, 0.5) is 0 Å². The Balaban J connectivity index is 2.59. The maximum absolute atomic E-state index is 10.3. The van der Waals surface area contributed by atoms with Crippen LogP contribution in [0, 0.1) is 0 Å². The average Bonchev–Trinajstić information content (AvgIpc) is 2.15. The van der Waals surface area contributed by atoms with E-state index in [4.69, 9.17) is 15.3 Å². The first-order valence-electron chi connectivity index (χ1n) is 4.26. The topological polar surface area (TPSA) is 77.8 Å². The van der Waals surface area contributed by atoms with Crippen molar-refractivity contribution in [3.05, 3.63) is 35.4 Å². The lowest BCUT2D eigenvalue weighted by Gasteiger charge is -2.04. The van der Waals surface area contributed by atoms with E-state index < -0.39 is 12.3 Å². The standard InChI is InChI=1S/C10H12O4/c11-9(12)6-3-7-1-4-8(5-2-7)10(13)14/h1-2,4-5,10,13-14H,3,6H2,(H,11,12). The van der Waals surface area contributed by atoms with Gasteiger partial charge in [0.15, 0.2) is 6.29 Å². The first kappa shape index (κ1) is 10.7. The molecule has 0 saturated heterocycles. The summed E-state index contributed by atoms with van der Waals surface area (Å²) in [6.45, 7) is 0. The van der Waals surface area contributed by atoms with E-state index in [1.807, 2.05) is 0 Å². The van der Waals surface area contributed by atoms with E-state index in [2.05, 4.69) is 0 Å². The number of benzene rings is 1. The van der Waals surface area contributed by atoms with E-state index in [0.717, 1.165) is 5.56 Å². The molecule has 0 aromatic heterocycles. The Morgan fingerprint density at radius 3 is 2.21 bits per heavy atom. The maximum atomic E-state index is 10.3. The Morgan fingerprint density at radius 2 is 1.79 bits per heavy atom. The second-order valence-electron chi connectivity index (χ2n) is 3.01. The van der Waals surface area contributed by atoms with Crippen molar-refractivity contribution in [1.29, 1.82) is 0 Å². The molecule has 3 N–H and O–H groups in total. The van der Waals surface area contributed by atoms with E-state index in [-0.39, 0.29) is 6.42 Å². The minimum absolute atomic E-state index is 0.0844. The summed E-state index contributed by atoms with van der Waals surface area (Å²) >= 11 is 0. The van der Waals surface area contributed by atoms with E-state index in [1.54, 1.807) is 24.3 Å². The lowest BCUT2D eigenvalue weighted by molar-refractivity contribution is -0.136. The molecular formula is C10H12O4. The number of hydrogen-bond donors (Lipinski definition) is 3. The lowest BCUT2D eigenvalue weighted by Crippen LogP contribution is -1.98. The van der Waals surface area contributed by atoms with Crippen LogP contribution in [0.5, 0.6) is 0 Å². The lowest BCUT2D eigenvalue weighted by atomic mass is 10.1. The number of aryl methyl sites for hydroxylation is 1. The minimum Gasteiger partial charge on any atom is -0.481 e. The molecule has 0 unspecified atom stereocenters. The predicted octanol–water partition coefficient (Wildman–Crippen LogP) is 0.687. The number of aliphatic hydroxyl groups is 2. The van der Waals surface area contributed by atoms with Crippen LogP contribution in [-0.4, -0.2) is 21.3 Å². The van der Waals surface area contributed by atoms with Crippen LogP contribution in [-0.2, 0) is 11.2 Å². The van der Waals surface area contributed by atoms with Crippen LogP contribution in [0.1, 0.15) is 23.8 Å². The third kappa shape index (κ3) is 3.16. The summed E-state index contributed by atoms with van der Waals surface area (Å²) < 4.78 is 0. The van der Waals surface area contributed by atoms with Crippen LogP contribution in [0.15, 0.2) is 24.3 Å². The quantitative estimate of drug-likeness (QED) is 0.619. The Morgan fingerprint density at radius 1 is 1.21 bits per heavy atom. The molecular weight excluding hydrogens is 184 g/mol. The van der Waals surface area contributed by atoms with Gasteiger partial charge >= 0.3 is 5.97 Å². The van der Waals surface area contributed by atoms with E-state index >= 15 is 0 Å². The third-order valence-corrected chi connectivity index (χ3v) is 1.91. The van der Waals surface area contributed by atoms with Crippen LogP contribution < -0.4 is 0 Å². The smallest absolute Gasteiger partial charge is 0.303 e. The normalized spacial score (nSPS) is 10.5. The molecule has 0 atom stereocenters. The first-order chi connectivity index (χ1) is 6.59. The minimum atomic E-state index is -1.47. The van der Waals surface area contributed by atoms with Crippen molar-refractivity contribution in [3.8, 4) is 0 Å². The van der Waals surface area contributed by atoms with Gasteiger partial charge in [0.05, 0.1) is 0 Å². The highest BCUT2D eigenvalue weighted by molar-refractivity contribution is 5.67. The second kappa shape index (κ2) is 4.74. The molecule has 4 heteroatoms. The second-order valence-corrected chi connectivity index (χ2v) is 3.01. The number of carboxylic acid groups (broad SMARTS) is 1. The third-order valence-electron chi connectivity index (χ3n) is 1.91. The molecule has 0 aliphatic carbocycles. The summed E-state index contributed by atoms with van der Waals surface area (Å²) in [6.07, 6.45) is -0.929. The number of aliphatic hydroxyl groups excluding tert-OH is 1. The predicted molar refractivity (Wildman–Crippen MR) is 49.6 cm³/mol. The highest BCUT2D eigenvalue weighted by atomic mass is 16.5. The molecule has 0 spiro atoms. The zero-order valence-electron chi connectivity index (χ0n) is 7.55. The molecule has 0 saturated carbocycles. The number of hydrogen-bond acceptors (Lipinski definition) is 3. The Kier molecular flexibility index (Phi) is 3.62. The average molecular weight is 196 g/mol. The van der Waals surface area contributed by atoms with Crippen molar-refractivity contribution in [1.82, 2.24) is 0 Å². The van der Waals surface area contributed by atoms with Gasteiger partial charge in [-0.05, 0) is 12.0 Å². The van der Waals surface area contributed by atoms with Gasteiger partial charge in [-0.15, -0.1) is 0 Å². The molecule has 0 fully saturated rings. The van der Waals surface area contributed by atoms with Crippen molar-refractivity contribution < 1.29 is 20.1 Å². The summed E-state index contributed by atoms with van der Waals surface area (Å²) in [5, 5.41) is 26.0. The molecule has 76 valence electrons. The highest BCUT2D eigenvalue weighted by Gasteiger charge is 2.02. The van der Waals surface area contributed by atoms with Gasteiger partial charge in [0.1, 0.15) is 0 Å². The van der Waals surface area contributed by atoms with Gasteiger partial charge in [-0.1, -0.05) is 24.3 Å². The van der Waals surface area contributed by atoms with E-state index in [1.165, 1.54) is 0 Å². The van der Waals surface area contributed by atoms with Gasteiger partial charge in [0.2, 0.25) is 0 Å². The van der Waals surface area contributed by atoms with Gasteiger partial charge in [-0.3, -0.25) is 4.79 Å². The zero-order valence-corrected chi connectivity index (χ0v) is 7.55. The highest BCUT2D eigenvalue weighted by Crippen LogP contribution is 2.11. The molecule has 1 rings (SSSR count). The number of carboxylic acids is 1. The van der Waals surface area contributed by atoms with Gasteiger partial charge in [-0.2, -0.15) is 0 Å². The molecule has 0 amide bonds. The van der Waals surface area contributed by atoms with Crippen LogP contribution in [0.3, 0.4) is 0 Å². The molecule has 0 aliphatic heterocycles. The molecule has 4 nitrogen and oxygen atoms in total. The number of rotatable bonds is 4. The summed E-state index contributed by atoms with van der Waals surface area (Å²) in [5.74, 6) is -0.837. The number of aliphatic carboxylic acids is 1. The van der Waals surface area contributed by atoms with Crippen molar-refractivity contribution in [3.63, 3.8) is 0 Å². The van der Waals surface area contributed by atoms with Gasteiger partial charge in [0.25, 0.3) is 0 Å². The van der Waals surface area contributed by atoms with Crippen LogP contribution in [0.2, 0.25) is 0 Å². The van der Waals surface area contributed by atoms with Gasteiger partial charge < -0.3 is 15.3 Å². The van der Waals surface area contributed by atoms with E-state index in [9.17, 15) is 4.79 Å². The van der Waals surface area contributed by atoms with Crippen LogP contribution >= 0.6 is 0 Å². The maximum Gasteiger partial charge on any atom is 0.303 e. The van der Waals surface area contributed by atoms with Crippen molar-refractivity contribution >= 4 is 5.97 Å². The summed E-state index contributed by atoms with van der Waals surface area (Å²) in [4.78, 5) is 10.3. The molecule has 0 heterocycles. The molecule has 0 bridgehead atoms. The molecule has 14 heavy (non-hydrogen) atoms. The van der Waals surface area contributed by atoms with Crippen molar-refractivity contribution in [2.75, 3.05) is 0 Å². The van der Waals surface area contributed by atoms with E-state index in [0.29, 0.717) is 12.0 Å². The Bertz CT molecular complexity index is 302. The fourth-order valence-corrected chi connectivity index (χ4v) is 1.11. The first-order valence-corrected chi connectivity index (χ1v) is 4.26. The zero-order chi connectivity index (χ0) is 10.6. The Labute approximate surface area is 81.4 Å². The fraction of sp³-hybridized carbons (Fsp3) is 0.300. The Hall–Kier alpha value is -1.39. The SMILES string of the molecule is O=C(O)CCc1ccc(C(O)O)cc1. The molecule has 0 radical (unpaired) electrons. The fourth-order valence-electron chi connectivity index (χ4n) is 1.11. The van der Waals surface area contributed by atoms with Crippen molar-refractivity contribution in [2.24, 2.45) is 0 Å². The number of carbonyl (C=O) groups is 1. The van der Waals surface area contributed by atoms with Gasteiger partial charge in [0, 0.05) is 12.0 Å². The summed E-state index contributed by atoms with van der Waals surface area (Å²) in [5.41, 5.74) is 1.28. The van der Waals surface area contributed by atoms with Gasteiger partial charge in [-0.25, -0.2) is 0 Å². The molecule has 1 aromatic rings. The van der Waals surface area contributed by atoms with Crippen LogP contribution in [0.25, 0.3) is 0 Å². The largest absolute Gasteiger partial charge is 0.481 e. The monoisotopic (exact) mass is 196 g/mol. The summed E-state index contributed by atoms with van der Waals surface area (Å²) in [6, 6.07) is 6.53. The van der Waals surface area contributed by atoms with Crippen molar-refractivity contribution in [2.45, 2.75) is 19.1 Å². The molecule has 0 aliphatic rings. The summed E-state index contributed by atoms with van der Waals surface area (Å²) in [7, 11) is 0.